The third kappa shape index (κ3) is 40.7. The van der Waals surface area contributed by atoms with Gasteiger partial charge in [-0.25, -0.2) is 59.9 Å². The zero-order chi connectivity index (χ0) is 96.8. The van der Waals surface area contributed by atoms with Crippen molar-refractivity contribution in [1.29, 1.82) is 0 Å². The second-order valence-electron chi connectivity index (χ2n) is 34.0. The molecule has 0 aromatic heterocycles. The standard InChI is InChI=1S/C13H27N5.2C12H25N5.2C11H23N5.2C10H21N5.C8H17N5.CH4/c1-7-8-9-10-17(5)13-15-11(2)14-12(16(3)4)18(13)6;1-7-8-9-16(5)12-14-10(2)13-11(15(3)4)17(12)6;1-6-7-8-9-13-11-14-10(2)15-12(16(3)4)17(11)5;1-7-8-15(5)11-13-9(2)12-10(14(3)4)16(11)6;1-6-7-8-12-10-13-9(2)14-11(15(3)4)16(10)5;1-7-14(5)10-12-8(2)11-9(13(3)4)15(10)6;1-6-7-11-9-12-8(2)13-10(14(3)4)15(9)5;1-5-9-7-10-6(2)11-8(12-7)13(3)4;/h11H,7-10H2,1-6H3;10H,7-9H2,1-6H3;10H,6-9H2,1-5H3,(H,13,14);9H,7-8H2,1-6H3;9H,6-8H2,1-5H3,(H,12,13);8H,7H2,1-6H3;8H,6-7H2,1-5H3,(H,11,12);6H,5H2,1-4H3,(H2,9,10,11,12);1H4. The van der Waals surface area contributed by atoms with Gasteiger partial charge in [-0.1, -0.05) is 87.5 Å². The van der Waals surface area contributed by atoms with Crippen molar-refractivity contribution in [2.45, 2.75) is 245 Å². The second kappa shape index (κ2) is 61.4. The molecular formula is C88H186N40. The molecule has 8 aliphatic heterocycles. The molecule has 0 spiro atoms. The molecule has 5 N–H and O–H groups in total. The van der Waals surface area contributed by atoms with Crippen LogP contribution in [-0.2, 0) is 0 Å². The van der Waals surface area contributed by atoms with Crippen LogP contribution < -0.4 is 26.6 Å². The van der Waals surface area contributed by atoms with Crippen molar-refractivity contribution in [2.75, 3.05) is 243 Å². The maximum Gasteiger partial charge on any atom is 0.225 e. The summed E-state index contributed by atoms with van der Waals surface area (Å²) in [6, 6.07) is 0. The molecule has 40 nitrogen and oxygen atoms in total. The molecular weight excluding hydrogens is 1620 g/mol. The maximum atomic E-state index is 4.63. The fraction of sp³-hybridized carbons (Fsp3) is 0.818. The van der Waals surface area contributed by atoms with E-state index in [4.69, 9.17) is 0 Å². The van der Waals surface area contributed by atoms with Crippen LogP contribution in [0.3, 0.4) is 0 Å². The van der Waals surface area contributed by atoms with Crippen molar-refractivity contribution in [3.8, 4) is 0 Å². The van der Waals surface area contributed by atoms with Crippen molar-refractivity contribution in [3.63, 3.8) is 0 Å². The van der Waals surface area contributed by atoms with E-state index in [-0.39, 0.29) is 56.8 Å². The van der Waals surface area contributed by atoms with Crippen LogP contribution >= 0.6 is 0 Å². The molecule has 0 radical (unpaired) electrons. The Morgan fingerprint density at radius 3 is 0.836 bits per heavy atom. The first kappa shape index (κ1) is 118. The summed E-state index contributed by atoms with van der Waals surface area (Å²) in [6.07, 6.45) is 14.6. The third-order valence-electron chi connectivity index (χ3n) is 19.6. The fourth-order valence-corrected chi connectivity index (χ4v) is 13.2. The molecule has 8 unspecified atom stereocenters. The fourth-order valence-electron chi connectivity index (χ4n) is 13.2. The molecule has 0 aromatic carbocycles. The van der Waals surface area contributed by atoms with Gasteiger partial charge >= 0.3 is 0 Å². The van der Waals surface area contributed by atoms with Crippen LogP contribution in [0.5, 0.6) is 0 Å². The van der Waals surface area contributed by atoms with Gasteiger partial charge in [0.15, 0.2) is 0 Å². The SMILES string of the molecule is C.CCCCCN(C)C1=NC(C)N=C(N(C)C)N1C.CCCCCN=C1NC(C)N=C(N(C)C)N1C.CCCCN(C)C1=NC(C)N=C(N(C)C)N1C.CCCCN=C1NC(C)N=C(N(C)C)N1C.CCCN(C)C1=NC(C)N=C(N(C)C)N1C.CCCN=C1NC(C)N=C(N(C)C)N1C.CCN(C)C1=NC(C)N=C(N(C)C)N1C.CCNC1=NC(N(C)C)=NC(C)N1. The summed E-state index contributed by atoms with van der Waals surface area (Å²) in [5.41, 5.74) is 0. The second-order valence-corrected chi connectivity index (χ2v) is 34.0. The van der Waals surface area contributed by atoms with Crippen LogP contribution in [0.15, 0.2) is 79.9 Å². The van der Waals surface area contributed by atoms with Gasteiger partial charge in [0, 0.05) is 243 Å². The summed E-state index contributed by atoms with van der Waals surface area (Å²) in [7, 11) is 54.2. The van der Waals surface area contributed by atoms with Crippen LogP contribution in [0.25, 0.3) is 0 Å². The maximum absolute atomic E-state index is 4.63. The third-order valence-corrected chi connectivity index (χ3v) is 19.6. The lowest BCUT2D eigenvalue weighted by atomic mass is 10.2. The lowest BCUT2D eigenvalue weighted by molar-refractivity contribution is 0.399. The summed E-state index contributed by atoms with van der Waals surface area (Å²) in [5, 5.41) is 16.1. The van der Waals surface area contributed by atoms with Crippen molar-refractivity contribution >= 4 is 95.4 Å². The van der Waals surface area contributed by atoms with Gasteiger partial charge in [0.2, 0.25) is 95.4 Å². The molecule has 0 aliphatic carbocycles. The summed E-state index contributed by atoms with van der Waals surface area (Å²) in [5.74, 6) is 15.0. The molecule has 0 fully saturated rings. The average Bonchev–Trinajstić information content (AvgIpc) is 0.835. The Morgan fingerprint density at radius 2 is 0.547 bits per heavy atom. The van der Waals surface area contributed by atoms with Crippen LogP contribution in [0.2, 0.25) is 0 Å². The smallest absolute Gasteiger partial charge is 0.225 e. The first-order valence-electron chi connectivity index (χ1n) is 46.0. The topological polar surface area (TPSA) is 319 Å². The molecule has 8 heterocycles. The molecule has 0 saturated heterocycles. The number of nitrogens with zero attached hydrogens (tertiary/aromatic N) is 35. The highest BCUT2D eigenvalue weighted by atomic mass is 15.5. The van der Waals surface area contributed by atoms with Crippen LogP contribution in [0.1, 0.15) is 195 Å². The highest BCUT2D eigenvalue weighted by molar-refractivity contribution is 6.04. The number of hydrogen-bond acceptors (Lipinski definition) is 34. The van der Waals surface area contributed by atoms with Crippen molar-refractivity contribution < 1.29 is 0 Å². The Morgan fingerprint density at radius 1 is 0.273 bits per heavy atom. The van der Waals surface area contributed by atoms with Crippen LogP contribution in [0, 0.1) is 0 Å². The predicted octanol–water partition coefficient (Wildman–Crippen LogP) is 7.63. The summed E-state index contributed by atoms with van der Waals surface area (Å²) >= 11 is 0. The Kier molecular flexibility index (Phi) is 56.6. The minimum atomic E-state index is 0. The molecule has 0 bridgehead atoms. The lowest BCUT2D eigenvalue weighted by Crippen LogP contribution is -2.54. The molecule has 8 rings (SSSR count). The van der Waals surface area contributed by atoms with Crippen LogP contribution in [-0.4, -0.2) is 480 Å². The van der Waals surface area contributed by atoms with Crippen molar-refractivity contribution in [2.24, 2.45) is 79.9 Å². The van der Waals surface area contributed by atoms with E-state index in [0.717, 1.165) is 173 Å². The largest absolute Gasteiger partial charge is 0.356 e. The van der Waals surface area contributed by atoms with E-state index in [9.17, 15) is 0 Å². The van der Waals surface area contributed by atoms with E-state index in [1.165, 1.54) is 51.4 Å². The minimum absolute atomic E-state index is 0. The van der Waals surface area contributed by atoms with Gasteiger partial charge in [0.05, 0.1) is 0 Å². The van der Waals surface area contributed by atoms with E-state index in [1.807, 2.05) is 295 Å². The summed E-state index contributed by atoms with van der Waals surface area (Å²) in [4.78, 5) is 111. The minimum Gasteiger partial charge on any atom is -0.356 e. The van der Waals surface area contributed by atoms with E-state index < -0.39 is 0 Å². The van der Waals surface area contributed by atoms with Crippen molar-refractivity contribution in [1.82, 2.24) is 120 Å². The zero-order valence-corrected chi connectivity index (χ0v) is 87.9. The molecule has 0 amide bonds. The van der Waals surface area contributed by atoms with E-state index >= 15 is 0 Å². The summed E-state index contributed by atoms with van der Waals surface area (Å²) in [6.45, 7) is 40.9. The van der Waals surface area contributed by atoms with Gasteiger partial charge in [0.1, 0.15) is 49.3 Å². The van der Waals surface area contributed by atoms with Gasteiger partial charge in [-0.3, -0.25) is 49.3 Å². The Hall–Kier alpha value is -10.1. The predicted molar refractivity (Wildman–Crippen MR) is 552 cm³/mol. The Labute approximate surface area is 778 Å². The van der Waals surface area contributed by atoms with Crippen molar-refractivity contribution in [3.05, 3.63) is 0 Å². The molecule has 0 saturated carbocycles. The first-order valence-corrected chi connectivity index (χ1v) is 46.0. The Balaban J connectivity index is 0.00000144. The molecule has 0 aromatic rings. The highest BCUT2D eigenvalue weighted by Crippen LogP contribution is 2.17. The lowest BCUT2D eigenvalue weighted by Gasteiger charge is -2.35. The number of unbranched alkanes of at least 4 members (excludes halogenated alkanes) is 6. The molecule has 738 valence electrons. The van der Waals surface area contributed by atoms with Gasteiger partial charge in [-0.2, -0.15) is 4.99 Å². The quantitative estimate of drug-likeness (QED) is 0.0731. The van der Waals surface area contributed by atoms with Gasteiger partial charge in [0.25, 0.3) is 0 Å². The van der Waals surface area contributed by atoms with E-state index in [2.05, 4.69) is 205 Å². The van der Waals surface area contributed by atoms with Gasteiger partial charge in [-0.15, -0.1) is 0 Å². The summed E-state index contributed by atoms with van der Waals surface area (Å²) < 4.78 is 0. The van der Waals surface area contributed by atoms with Crippen LogP contribution in [0.4, 0.5) is 0 Å². The molecule has 8 aliphatic rings. The van der Waals surface area contributed by atoms with E-state index in [0.29, 0.717) is 0 Å². The Bertz CT molecular complexity index is 3690. The average molecular weight is 1800 g/mol. The number of guanidine groups is 16. The number of hydrogen-bond donors (Lipinski definition) is 5. The molecule has 8 atom stereocenters. The highest BCUT2D eigenvalue weighted by Gasteiger charge is 2.31. The number of aliphatic imine (C=N–C) groups is 16. The van der Waals surface area contributed by atoms with Gasteiger partial charge < -0.3 is 85.4 Å². The van der Waals surface area contributed by atoms with Gasteiger partial charge in [-0.05, 0) is 108 Å². The first-order chi connectivity index (χ1) is 59.7. The zero-order valence-electron chi connectivity index (χ0n) is 87.9. The monoisotopic (exact) mass is 1800 g/mol. The van der Waals surface area contributed by atoms with E-state index in [1.54, 1.807) is 0 Å². The number of nitrogens with one attached hydrogen (secondary N) is 5. The molecule has 40 heteroatoms. The number of rotatable bonds is 20. The normalized spacial score (nSPS) is 21.2. The molecule has 128 heavy (non-hydrogen) atoms.